The van der Waals surface area contributed by atoms with Gasteiger partial charge in [0.25, 0.3) is 5.91 Å². The predicted octanol–water partition coefficient (Wildman–Crippen LogP) is 0.806. The standard InChI is InChI=1S/C16H19N7O2/c1-22-15(19-20-21-22)11-25-14-5-2-4-13(10-14)16(24)18-6-3-8-23-9-7-17-12-23/h2,4-5,7,9-10,12H,3,6,8,11H2,1H3,(H,18,24). The van der Waals surface area contributed by atoms with Crippen LogP contribution in [0.1, 0.15) is 22.6 Å². The van der Waals surface area contributed by atoms with Crippen molar-refractivity contribution in [2.45, 2.75) is 19.6 Å². The first kappa shape index (κ1) is 16.6. The summed E-state index contributed by atoms with van der Waals surface area (Å²) in [6.45, 7) is 1.64. The molecule has 130 valence electrons. The average molecular weight is 341 g/mol. The van der Waals surface area contributed by atoms with Gasteiger partial charge < -0.3 is 14.6 Å². The van der Waals surface area contributed by atoms with Gasteiger partial charge in [-0.3, -0.25) is 4.79 Å². The summed E-state index contributed by atoms with van der Waals surface area (Å²) in [5.74, 6) is 1.07. The second-order valence-corrected chi connectivity index (χ2v) is 5.45. The monoisotopic (exact) mass is 341 g/mol. The molecule has 25 heavy (non-hydrogen) atoms. The third-order valence-electron chi connectivity index (χ3n) is 3.61. The van der Waals surface area contributed by atoms with Crippen molar-refractivity contribution >= 4 is 5.91 Å². The van der Waals surface area contributed by atoms with E-state index < -0.39 is 0 Å². The van der Waals surface area contributed by atoms with Crippen molar-refractivity contribution in [3.8, 4) is 5.75 Å². The fraction of sp³-hybridized carbons (Fsp3) is 0.312. The number of aryl methyl sites for hydroxylation is 2. The number of nitrogens with one attached hydrogen (secondary N) is 1. The Balaban J connectivity index is 1.48. The molecule has 0 atom stereocenters. The van der Waals surface area contributed by atoms with E-state index in [9.17, 15) is 4.79 Å². The Morgan fingerprint density at radius 3 is 3.04 bits per heavy atom. The number of nitrogens with zero attached hydrogens (tertiary/aromatic N) is 6. The average Bonchev–Trinajstić information content (AvgIpc) is 3.28. The van der Waals surface area contributed by atoms with Gasteiger partial charge in [-0.15, -0.1) is 5.10 Å². The van der Waals surface area contributed by atoms with Gasteiger partial charge in [-0.25, -0.2) is 9.67 Å². The molecule has 0 aliphatic rings. The normalized spacial score (nSPS) is 10.6. The van der Waals surface area contributed by atoms with E-state index in [4.69, 9.17) is 4.74 Å². The second-order valence-electron chi connectivity index (χ2n) is 5.45. The minimum absolute atomic E-state index is 0.128. The van der Waals surface area contributed by atoms with Crippen LogP contribution in [0.4, 0.5) is 0 Å². The first-order valence-electron chi connectivity index (χ1n) is 7.90. The zero-order valence-corrected chi connectivity index (χ0v) is 13.9. The molecule has 0 saturated carbocycles. The smallest absolute Gasteiger partial charge is 0.251 e. The van der Waals surface area contributed by atoms with Gasteiger partial charge in [0.15, 0.2) is 5.82 Å². The molecule has 1 N–H and O–H groups in total. The Hall–Kier alpha value is -3.23. The number of tetrazole rings is 1. The van der Waals surface area contributed by atoms with Crippen molar-refractivity contribution in [1.82, 2.24) is 35.1 Å². The van der Waals surface area contributed by atoms with Crippen molar-refractivity contribution in [2.75, 3.05) is 6.54 Å². The molecule has 0 bridgehead atoms. The van der Waals surface area contributed by atoms with Gasteiger partial charge in [0, 0.05) is 38.1 Å². The Morgan fingerprint density at radius 1 is 1.36 bits per heavy atom. The third-order valence-corrected chi connectivity index (χ3v) is 3.61. The van der Waals surface area contributed by atoms with E-state index in [-0.39, 0.29) is 12.5 Å². The number of hydrogen-bond donors (Lipinski definition) is 1. The Morgan fingerprint density at radius 2 is 2.28 bits per heavy atom. The van der Waals surface area contributed by atoms with E-state index >= 15 is 0 Å². The number of hydrogen-bond acceptors (Lipinski definition) is 6. The highest BCUT2D eigenvalue weighted by Gasteiger charge is 2.08. The Labute approximate surface area is 144 Å². The number of carbonyl (C=O) groups excluding carboxylic acids is 1. The largest absolute Gasteiger partial charge is 0.486 e. The van der Waals surface area contributed by atoms with Gasteiger partial charge >= 0.3 is 0 Å². The highest BCUT2D eigenvalue weighted by atomic mass is 16.5. The van der Waals surface area contributed by atoms with Gasteiger partial charge in [-0.2, -0.15) is 0 Å². The molecule has 0 unspecified atom stereocenters. The zero-order valence-electron chi connectivity index (χ0n) is 13.9. The number of imidazole rings is 1. The maximum Gasteiger partial charge on any atom is 0.251 e. The molecule has 1 amide bonds. The molecule has 0 aliphatic carbocycles. The molecule has 0 radical (unpaired) electrons. The van der Waals surface area contributed by atoms with Crippen LogP contribution in [0.3, 0.4) is 0 Å². The van der Waals surface area contributed by atoms with E-state index in [2.05, 4.69) is 25.8 Å². The van der Waals surface area contributed by atoms with Crippen LogP contribution in [-0.4, -0.2) is 42.2 Å². The summed E-state index contributed by atoms with van der Waals surface area (Å²) >= 11 is 0. The molecule has 9 heteroatoms. The van der Waals surface area contributed by atoms with Gasteiger partial charge in [0.2, 0.25) is 0 Å². The van der Waals surface area contributed by atoms with Gasteiger partial charge in [-0.05, 0) is 35.0 Å². The maximum absolute atomic E-state index is 12.2. The fourth-order valence-corrected chi connectivity index (χ4v) is 2.23. The summed E-state index contributed by atoms with van der Waals surface area (Å²) in [7, 11) is 1.74. The second kappa shape index (κ2) is 8.04. The third kappa shape index (κ3) is 4.63. The number of rotatable bonds is 8. The summed E-state index contributed by atoms with van der Waals surface area (Å²) in [6, 6.07) is 7.03. The molecule has 1 aromatic carbocycles. The van der Waals surface area contributed by atoms with Crippen LogP contribution in [0.2, 0.25) is 0 Å². The van der Waals surface area contributed by atoms with E-state index in [0.29, 0.717) is 23.7 Å². The lowest BCUT2D eigenvalue weighted by Gasteiger charge is -2.08. The molecule has 3 rings (SSSR count). The van der Waals surface area contributed by atoms with Crippen LogP contribution in [0.5, 0.6) is 5.75 Å². The van der Waals surface area contributed by atoms with Crippen LogP contribution in [-0.2, 0) is 20.2 Å². The van der Waals surface area contributed by atoms with Crippen LogP contribution in [0.15, 0.2) is 43.0 Å². The molecule has 0 saturated heterocycles. The summed E-state index contributed by atoms with van der Waals surface area (Å²) in [5.41, 5.74) is 0.552. The van der Waals surface area contributed by atoms with Gasteiger partial charge in [0.1, 0.15) is 12.4 Å². The number of benzene rings is 1. The van der Waals surface area contributed by atoms with Crippen molar-refractivity contribution in [3.05, 3.63) is 54.4 Å². The van der Waals surface area contributed by atoms with Crippen LogP contribution in [0.25, 0.3) is 0 Å². The molecule has 2 heterocycles. The molecule has 9 nitrogen and oxygen atoms in total. The highest BCUT2D eigenvalue weighted by Crippen LogP contribution is 2.14. The lowest BCUT2D eigenvalue weighted by Crippen LogP contribution is -2.25. The van der Waals surface area contributed by atoms with Gasteiger partial charge in [-0.1, -0.05) is 6.07 Å². The molecule has 0 fully saturated rings. The number of aromatic nitrogens is 6. The topological polar surface area (TPSA) is 99.8 Å². The van der Waals surface area contributed by atoms with Crippen LogP contribution >= 0.6 is 0 Å². The summed E-state index contributed by atoms with van der Waals surface area (Å²) in [6.07, 6.45) is 6.23. The summed E-state index contributed by atoms with van der Waals surface area (Å²) in [4.78, 5) is 16.2. The van der Waals surface area contributed by atoms with Gasteiger partial charge in [0.05, 0.1) is 6.33 Å². The molecule has 3 aromatic rings. The fourth-order valence-electron chi connectivity index (χ4n) is 2.23. The number of ether oxygens (including phenoxy) is 1. The van der Waals surface area contributed by atoms with Crippen LogP contribution < -0.4 is 10.1 Å². The van der Waals surface area contributed by atoms with Crippen molar-refractivity contribution in [1.29, 1.82) is 0 Å². The molecular weight excluding hydrogens is 322 g/mol. The quantitative estimate of drug-likeness (QED) is 0.609. The predicted molar refractivity (Wildman–Crippen MR) is 88.7 cm³/mol. The minimum atomic E-state index is -0.128. The number of carbonyl (C=O) groups is 1. The lowest BCUT2D eigenvalue weighted by molar-refractivity contribution is 0.0952. The molecule has 0 aliphatic heterocycles. The zero-order chi connectivity index (χ0) is 17.5. The molecule has 2 aromatic heterocycles. The minimum Gasteiger partial charge on any atom is -0.486 e. The van der Waals surface area contributed by atoms with E-state index in [0.717, 1.165) is 13.0 Å². The number of amides is 1. The molecular formula is C16H19N7O2. The lowest BCUT2D eigenvalue weighted by atomic mass is 10.2. The summed E-state index contributed by atoms with van der Waals surface area (Å²) in [5, 5.41) is 14.0. The first-order valence-corrected chi connectivity index (χ1v) is 7.90. The SMILES string of the molecule is Cn1nnnc1COc1cccc(C(=O)NCCCn2ccnc2)c1. The first-order chi connectivity index (χ1) is 12.2. The Bertz CT molecular complexity index is 814. The van der Waals surface area contributed by atoms with E-state index in [1.165, 1.54) is 4.68 Å². The molecule has 0 spiro atoms. The van der Waals surface area contributed by atoms with Crippen LogP contribution in [0, 0.1) is 0 Å². The van der Waals surface area contributed by atoms with Crippen molar-refractivity contribution < 1.29 is 9.53 Å². The van der Waals surface area contributed by atoms with Crippen molar-refractivity contribution in [3.63, 3.8) is 0 Å². The van der Waals surface area contributed by atoms with E-state index in [1.54, 1.807) is 43.8 Å². The van der Waals surface area contributed by atoms with Crippen molar-refractivity contribution in [2.24, 2.45) is 7.05 Å². The highest BCUT2D eigenvalue weighted by molar-refractivity contribution is 5.94. The Kier molecular flexibility index (Phi) is 5.35. The van der Waals surface area contributed by atoms with E-state index in [1.807, 2.05) is 10.8 Å². The maximum atomic E-state index is 12.2. The summed E-state index contributed by atoms with van der Waals surface area (Å²) < 4.78 is 9.16.